The zero-order valence-corrected chi connectivity index (χ0v) is 50.3. The van der Waals surface area contributed by atoms with Gasteiger partial charge in [-0.05, 0) is 230 Å². The molecule has 0 saturated carbocycles. The molecule has 3 nitrogen and oxygen atoms in total. The highest BCUT2D eigenvalue weighted by atomic mass is 32.1. The number of thiophene rings is 1. The van der Waals surface area contributed by atoms with Gasteiger partial charge in [-0.1, -0.05) is 151 Å². The van der Waals surface area contributed by atoms with Crippen LogP contribution in [-0.2, 0) is 44.3 Å². The first-order chi connectivity index (χ1) is 39.4. The van der Waals surface area contributed by atoms with Crippen molar-refractivity contribution in [2.75, 3.05) is 14.7 Å². The first-order valence-corrected chi connectivity index (χ1v) is 30.5. The van der Waals surface area contributed by atoms with Crippen molar-refractivity contribution in [3.05, 3.63) is 178 Å². The minimum Gasteiger partial charge on any atom is -0.311 e. The van der Waals surface area contributed by atoms with Gasteiger partial charge < -0.3 is 14.7 Å². The van der Waals surface area contributed by atoms with Crippen LogP contribution in [0.15, 0.2) is 133 Å². The van der Waals surface area contributed by atoms with Gasteiger partial charge in [0.05, 0.1) is 18.2 Å². The highest BCUT2D eigenvalue weighted by Crippen LogP contribution is 2.57. The maximum absolute atomic E-state index is 9.75. The van der Waals surface area contributed by atoms with Crippen molar-refractivity contribution in [3.63, 3.8) is 0 Å². The van der Waals surface area contributed by atoms with Gasteiger partial charge in [-0.2, -0.15) is 0 Å². The van der Waals surface area contributed by atoms with E-state index in [1.165, 1.54) is 88.1 Å². The zero-order chi connectivity index (χ0) is 59.5. The Morgan fingerprint density at radius 3 is 1.54 bits per heavy atom. The van der Waals surface area contributed by atoms with Crippen LogP contribution in [-0.4, -0.2) is 6.71 Å². The number of rotatable bonds is 5. The molecule has 0 atom stereocenters. The number of nitrogens with zero attached hydrogens (tertiary/aromatic N) is 3. The van der Waals surface area contributed by atoms with Gasteiger partial charge in [-0.25, -0.2) is 0 Å². The van der Waals surface area contributed by atoms with E-state index in [9.17, 15) is 5.48 Å². The van der Waals surface area contributed by atoms with Gasteiger partial charge in [-0.3, -0.25) is 0 Å². The van der Waals surface area contributed by atoms with E-state index in [0.29, 0.717) is 11.4 Å². The maximum Gasteiger partial charge on any atom is 0.264 e. The van der Waals surface area contributed by atoms with E-state index < -0.39 is 6.04 Å². The summed E-state index contributed by atoms with van der Waals surface area (Å²) in [4.78, 5) is 7.16. The average Bonchev–Trinajstić information content (AvgIpc) is 1.19. The molecule has 0 unspecified atom stereocenters. The van der Waals surface area contributed by atoms with Gasteiger partial charge in [0.1, 0.15) is 0 Å². The topological polar surface area (TPSA) is 9.72 Å². The van der Waals surface area contributed by atoms with E-state index in [1.807, 2.05) is 46.6 Å². The minimum atomic E-state index is -0.409. The van der Waals surface area contributed by atoms with Crippen LogP contribution in [0.4, 0.5) is 51.2 Å². The number of fused-ring (bicyclic) bond motifs is 10. The number of benzene rings is 7. The maximum atomic E-state index is 9.75. The predicted octanol–water partition coefficient (Wildman–Crippen LogP) is 19.1. The quantitative estimate of drug-likeness (QED) is 0.159. The standard InChI is InChI=1S/C74H82BN3S/c1-68(2)31-21-22-46-38-64-52(43-55(46)68)66-67(79-64)75-60-44-58-59(74(13,14)37-36-73(58,11)12)45-61(60)77(49-27-29-53-56(39-49)71(7,8)34-32-69(53,3)4)62-41-51(76(47-23-17-15-18-24-47)48-25-19-16-20-26-48)42-63(65(62)75)78(66)50-28-30-54-57(40-50)72(9,10)35-33-70(54,5)6/h15-20,23-30,38-45H,21-22,31-37H2,1-14H3/i15D,17D,18D,23D,24D. The van der Waals surface area contributed by atoms with Gasteiger partial charge in [0.2, 0.25) is 0 Å². The van der Waals surface area contributed by atoms with E-state index in [-0.39, 0.29) is 74.5 Å². The summed E-state index contributed by atoms with van der Waals surface area (Å²) in [5.74, 6) is 0. The van der Waals surface area contributed by atoms with Gasteiger partial charge in [-0.15, -0.1) is 11.3 Å². The summed E-state index contributed by atoms with van der Waals surface area (Å²) in [6.45, 7) is 33.9. The van der Waals surface area contributed by atoms with Gasteiger partial charge in [0.25, 0.3) is 6.71 Å². The van der Waals surface area contributed by atoms with E-state index in [0.717, 1.165) is 74.1 Å². The van der Waals surface area contributed by atoms with E-state index in [4.69, 9.17) is 1.37 Å². The number of aryl methyl sites for hydroxylation is 1. The van der Waals surface area contributed by atoms with Crippen LogP contribution in [0.5, 0.6) is 0 Å². The molecule has 0 amide bonds. The summed E-state index contributed by atoms with van der Waals surface area (Å²) in [5.41, 5.74) is 21.8. The Kier molecular flexibility index (Phi) is 9.83. The molecule has 7 aromatic carbocycles. The summed E-state index contributed by atoms with van der Waals surface area (Å²) in [5, 5.41) is 1.27. The Morgan fingerprint density at radius 1 is 0.456 bits per heavy atom. The zero-order valence-electron chi connectivity index (χ0n) is 54.5. The lowest BCUT2D eigenvalue weighted by Gasteiger charge is -2.48. The van der Waals surface area contributed by atoms with Crippen molar-refractivity contribution in [2.45, 2.75) is 193 Å². The number of hydrogen-bond acceptors (Lipinski definition) is 4. The number of hydrogen-bond donors (Lipinski definition) is 0. The third kappa shape index (κ3) is 7.69. The molecule has 0 radical (unpaired) electrons. The average molecular weight is 1060 g/mol. The van der Waals surface area contributed by atoms with Crippen molar-refractivity contribution in [3.8, 4) is 0 Å². The van der Waals surface area contributed by atoms with Crippen LogP contribution in [0, 0.1) is 0 Å². The third-order valence-corrected chi connectivity index (χ3v) is 22.2. The highest BCUT2D eigenvalue weighted by molar-refractivity contribution is 7.33. The Hall–Kier alpha value is -6.04. The molecule has 0 saturated heterocycles. The fraction of sp³-hybridized carbons (Fsp3) is 0.405. The largest absolute Gasteiger partial charge is 0.311 e. The molecule has 6 aliphatic rings. The number of para-hydroxylation sites is 2. The Labute approximate surface area is 484 Å². The van der Waals surface area contributed by atoms with Crippen LogP contribution in [0.2, 0.25) is 0 Å². The summed E-state index contributed by atoms with van der Waals surface area (Å²) in [7, 11) is 0. The summed E-state index contributed by atoms with van der Waals surface area (Å²) in [6.07, 6.45) is 9.96. The van der Waals surface area contributed by atoms with Gasteiger partial charge in [0.15, 0.2) is 0 Å². The second-order valence-corrected chi connectivity index (χ2v) is 30.5. The monoisotopic (exact) mass is 1060 g/mol. The van der Waals surface area contributed by atoms with Gasteiger partial charge >= 0.3 is 0 Å². The molecule has 0 N–H and O–H groups in total. The van der Waals surface area contributed by atoms with Crippen molar-refractivity contribution in [1.82, 2.24) is 0 Å². The van der Waals surface area contributed by atoms with Gasteiger partial charge in [0, 0.05) is 54.7 Å². The molecule has 79 heavy (non-hydrogen) atoms. The summed E-state index contributed by atoms with van der Waals surface area (Å²) >= 11 is 1.99. The molecule has 2 aliphatic heterocycles. The third-order valence-electron chi connectivity index (χ3n) is 21.0. The molecule has 5 heteroatoms. The smallest absolute Gasteiger partial charge is 0.264 e. The fourth-order valence-corrected chi connectivity index (χ4v) is 17.1. The van der Waals surface area contributed by atoms with Crippen molar-refractivity contribution in [2.24, 2.45) is 0 Å². The Bertz CT molecular complexity index is 4120. The van der Waals surface area contributed by atoms with Crippen LogP contribution in [0.1, 0.15) is 200 Å². The van der Waals surface area contributed by atoms with Crippen LogP contribution in [0.25, 0.3) is 10.1 Å². The molecule has 8 aromatic rings. The summed E-state index contributed by atoms with van der Waals surface area (Å²) < 4.78 is 49.4. The highest BCUT2D eigenvalue weighted by Gasteiger charge is 2.50. The van der Waals surface area contributed by atoms with E-state index >= 15 is 0 Å². The SMILES string of the molecule is [2H]c1c([2H])c([2H])c(N(c2ccccc2)c2cc3c4c(c2)N(c2ccc5c(c2)C(C)(C)CCC5(C)C)c2c(sc5cc6c(cc25)C(C)(C)CCC6)B4c2cc4c(cc2N3c2ccc3c(c2)C(C)(C)CCC3(C)C)C(C)(C)CCC4(C)C)c([2H])c1[2H]. The van der Waals surface area contributed by atoms with Crippen LogP contribution in [0.3, 0.4) is 0 Å². The Morgan fingerprint density at radius 2 is 0.962 bits per heavy atom. The molecule has 1 aromatic heterocycles. The van der Waals surface area contributed by atoms with Crippen LogP contribution < -0.4 is 30.4 Å². The lowest BCUT2D eigenvalue weighted by molar-refractivity contribution is 0.332. The molecule has 14 rings (SSSR count). The van der Waals surface area contributed by atoms with Crippen molar-refractivity contribution >= 4 is 95.0 Å². The molecule has 3 heterocycles. The predicted molar refractivity (Wildman–Crippen MR) is 342 cm³/mol. The molecule has 0 fully saturated rings. The lowest BCUT2D eigenvalue weighted by Crippen LogP contribution is -2.61. The molecule has 4 aliphatic carbocycles. The molecule has 0 spiro atoms. The lowest BCUT2D eigenvalue weighted by atomic mass is 9.35. The van der Waals surface area contributed by atoms with Crippen LogP contribution >= 0.6 is 11.3 Å². The molecular weight excluding hydrogens is 974 g/mol. The fourth-order valence-electron chi connectivity index (χ4n) is 15.8. The Balaban J connectivity index is 1.18. The first-order valence-electron chi connectivity index (χ1n) is 32.2. The molecular formula is C74H82BN3S. The first kappa shape index (κ1) is 45.7. The normalized spacial score (nSPS) is 21.6. The molecule has 402 valence electrons. The van der Waals surface area contributed by atoms with Crippen molar-refractivity contribution in [1.29, 1.82) is 0 Å². The van der Waals surface area contributed by atoms with Crippen molar-refractivity contribution < 1.29 is 6.85 Å². The van der Waals surface area contributed by atoms with E-state index in [1.54, 1.807) is 0 Å². The second-order valence-electron chi connectivity index (χ2n) is 29.4. The molecule has 0 bridgehead atoms. The van der Waals surface area contributed by atoms with E-state index in [2.05, 4.69) is 180 Å². The summed E-state index contributed by atoms with van der Waals surface area (Å²) in [6, 6.07) is 38.0. The minimum absolute atomic E-state index is 0.00390. The number of anilines is 9. The second kappa shape index (κ2) is 17.0.